The molecule has 0 bridgehead atoms. The zero-order valence-corrected chi connectivity index (χ0v) is 16.9. The Hall–Kier alpha value is -3.11. The molecule has 0 saturated carbocycles. The summed E-state index contributed by atoms with van der Waals surface area (Å²) in [5.41, 5.74) is 9.18. The molecule has 0 aliphatic carbocycles. The Bertz CT molecular complexity index is 932. The molecule has 152 valence electrons. The fraction of sp³-hybridized carbons (Fsp3) is 0.409. The lowest BCUT2D eigenvalue weighted by molar-refractivity contribution is 0.0831. The molecule has 2 N–H and O–H groups in total. The van der Waals surface area contributed by atoms with Crippen LogP contribution < -0.4 is 5.73 Å². The Labute approximate surface area is 170 Å². The second-order valence-corrected chi connectivity index (χ2v) is 7.55. The first kappa shape index (κ1) is 20.6. The number of carbonyl (C=O) groups is 2. The molecule has 1 aromatic heterocycles. The highest BCUT2D eigenvalue weighted by molar-refractivity contribution is 5.99. The summed E-state index contributed by atoms with van der Waals surface area (Å²) in [6.07, 6.45) is 1.02. The van der Waals surface area contributed by atoms with Crippen molar-refractivity contribution in [3.05, 3.63) is 52.8 Å². The van der Waals surface area contributed by atoms with Crippen LogP contribution in [0.25, 0.3) is 5.69 Å². The third-order valence-electron chi connectivity index (χ3n) is 5.52. The third-order valence-corrected chi connectivity index (χ3v) is 5.52. The zero-order chi connectivity index (χ0) is 21.0. The Morgan fingerprint density at radius 2 is 1.86 bits per heavy atom. The number of primary amides is 1. The van der Waals surface area contributed by atoms with E-state index >= 15 is 0 Å². The summed E-state index contributed by atoms with van der Waals surface area (Å²) >= 11 is 0. The van der Waals surface area contributed by atoms with E-state index < -0.39 is 6.09 Å². The quantitative estimate of drug-likeness (QED) is 0.759. The minimum atomic E-state index is -0.736. The Kier molecular flexibility index (Phi) is 6.35. The number of aromatic nitrogens is 1. The number of piperidine rings is 1. The van der Waals surface area contributed by atoms with Crippen LogP contribution in [0.2, 0.25) is 0 Å². The lowest BCUT2D eigenvalue weighted by Gasteiger charge is -2.30. The van der Waals surface area contributed by atoms with E-state index in [1.807, 2.05) is 36.6 Å². The number of ketones is 1. The smallest absolute Gasteiger partial charge is 0.404 e. The van der Waals surface area contributed by atoms with Crippen molar-refractivity contribution in [1.82, 2.24) is 9.47 Å². The largest absolute Gasteiger partial charge is 0.449 e. The van der Waals surface area contributed by atoms with Crippen molar-refractivity contribution in [2.75, 3.05) is 26.2 Å². The first-order chi connectivity index (χ1) is 13.9. The van der Waals surface area contributed by atoms with Crippen LogP contribution in [0.15, 0.2) is 30.3 Å². The van der Waals surface area contributed by atoms with E-state index in [2.05, 4.69) is 11.0 Å². The van der Waals surface area contributed by atoms with Gasteiger partial charge in [0.15, 0.2) is 5.78 Å². The molecule has 0 radical (unpaired) electrons. The summed E-state index contributed by atoms with van der Waals surface area (Å²) in [5.74, 6) is 0.403. The van der Waals surface area contributed by atoms with Gasteiger partial charge in [-0.2, -0.15) is 5.26 Å². The van der Waals surface area contributed by atoms with Gasteiger partial charge < -0.3 is 15.0 Å². The van der Waals surface area contributed by atoms with Gasteiger partial charge >= 0.3 is 6.09 Å². The van der Waals surface area contributed by atoms with Crippen LogP contribution in [0.5, 0.6) is 0 Å². The average molecular weight is 394 g/mol. The molecule has 1 aliphatic heterocycles. The van der Waals surface area contributed by atoms with Gasteiger partial charge in [-0.1, -0.05) is 0 Å². The lowest BCUT2D eigenvalue weighted by atomic mass is 9.97. The predicted octanol–water partition coefficient (Wildman–Crippen LogP) is 2.96. The zero-order valence-electron chi connectivity index (χ0n) is 16.9. The molecule has 29 heavy (non-hydrogen) atoms. The second kappa shape index (κ2) is 8.93. The number of hydrogen-bond acceptors (Lipinski definition) is 5. The first-order valence-corrected chi connectivity index (χ1v) is 9.76. The highest BCUT2D eigenvalue weighted by Gasteiger charge is 2.24. The summed E-state index contributed by atoms with van der Waals surface area (Å²) in [7, 11) is 0. The number of nitrogens with zero attached hydrogens (tertiary/aromatic N) is 3. The number of benzene rings is 1. The van der Waals surface area contributed by atoms with E-state index in [-0.39, 0.29) is 5.78 Å². The van der Waals surface area contributed by atoms with Gasteiger partial charge in [0, 0.05) is 22.6 Å². The minimum absolute atomic E-state index is 0.102. The molecular weight excluding hydrogens is 368 g/mol. The molecule has 1 fully saturated rings. The number of aryl methyl sites for hydroxylation is 1. The first-order valence-electron chi connectivity index (χ1n) is 9.76. The van der Waals surface area contributed by atoms with Gasteiger partial charge in [0.2, 0.25) is 0 Å². The van der Waals surface area contributed by atoms with Crippen molar-refractivity contribution in [2.24, 2.45) is 11.7 Å². The molecule has 7 heteroatoms. The van der Waals surface area contributed by atoms with Gasteiger partial charge in [0.1, 0.15) is 0 Å². The predicted molar refractivity (Wildman–Crippen MR) is 109 cm³/mol. The van der Waals surface area contributed by atoms with Crippen LogP contribution in [0.1, 0.15) is 40.2 Å². The lowest BCUT2D eigenvalue weighted by Crippen LogP contribution is -2.38. The van der Waals surface area contributed by atoms with Crippen molar-refractivity contribution in [3.8, 4) is 11.8 Å². The van der Waals surface area contributed by atoms with Crippen LogP contribution >= 0.6 is 0 Å². The Balaban J connectivity index is 1.65. The normalized spacial score (nSPS) is 15.1. The average Bonchev–Trinajstić information content (AvgIpc) is 3.01. The molecule has 1 amide bonds. The van der Waals surface area contributed by atoms with Crippen LogP contribution in [0.4, 0.5) is 4.79 Å². The minimum Gasteiger partial charge on any atom is -0.449 e. The van der Waals surface area contributed by atoms with Crippen LogP contribution in [-0.4, -0.2) is 47.6 Å². The maximum atomic E-state index is 12.9. The number of hydrogen-bond donors (Lipinski definition) is 1. The number of ether oxygens (including phenoxy) is 1. The highest BCUT2D eigenvalue weighted by atomic mass is 16.5. The number of likely N-dealkylation sites (tertiary alicyclic amines) is 1. The third kappa shape index (κ3) is 4.84. The number of rotatable bonds is 6. The molecule has 0 spiro atoms. The van der Waals surface area contributed by atoms with E-state index in [9.17, 15) is 9.59 Å². The van der Waals surface area contributed by atoms with Crippen LogP contribution in [0.3, 0.4) is 0 Å². The van der Waals surface area contributed by atoms with Gasteiger partial charge in [0.25, 0.3) is 0 Å². The maximum Gasteiger partial charge on any atom is 0.404 e. The monoisotopic (exact) mass is 394 g/mol. The van der Waals surface area contributed by atoms with Crippen molar-refractivity contribution in [1.29, 1.82) is 5.26 Å². The number of nitrogens with two attached hydrogens (primary N) is 1. The number of nitriles is 1. The summed E-state index contributed by atoms with van der Waals surface area (Å²) in [5, 5.41) is 8.98. The molecule has 2 aromatic rings. The molecular formula is C22H26N4O3. The molecule has 1 aromatic carbocycles. The molecule has 1 aliphatic rings. The van der Waals surface area contributed by atoms with E-state index in [1.54, 1.807) is 12.1 Å². The van der Waals surface area contributed by atoms with Crippen LogP contribution in [0, 0.1) is 31.1 Å². The summed E-state index contributed by atoms with van der Waals surface area (Å²) in [6, 6.07) is 11.4. The van der Waals surface area contributed by atoms with Crippen molar-refractivity contribution in [3.63, 3.8) is 0 Å². The highest BCUT2D eigenvalue weighted by Crippen LogP contribution is 2.23. The van der Waals surface area contributed by atoms with E-state index in [0.717, 1.165) is 48.6 Å². The van der Waals surface area contributed by atoms with E-state index in [0.29, 0.717) is 24.6 Å². The topological polar surface area (TPSA) is 101 Å². The molecule has 0 atom stereocenters. The Morgan fingerprint density at radius 1 is 1.21 bits per heavy atom. The summed E-state index contributed by atoms with van der Waals surface area (Å²) < 4.78 is 6.93. The number of carbonyl (C=O) groups excluding carboxylic acids is 2. The maximum absolute atomic E-state index is 12.9. The van der Waals surface area contributed by atoms with Gasteiger partial charge in [-0.3, -0.25) is 9.69 Å². The fourth-order valence-corrected chi connectivity index (χ4v) is 3.93. The molecule has 0 unspecified atom stereocenters. The second-order valence-electron chi connectivity index (χ2n) is 7.55. The van der Waals surface area contributed by atoms with Crippen molar-refractivity contribution < 1.29 is 14.3 Å². The van der Waals surface area contributed by atoms with Crippen LogP contribution in [-0.2, 0) is 4.74 Å². The standard InChI is InChI=1S/C22H26N4O3/c1-15-11-20(16(2)26(15)19-5-3-17(12-23)4-6-19)21(27)13-25-9-7-18(8-10-25)14-29-22(24)28/h3-6,11,18H,7-10,13-14H2,1-2H3,(H2,24,28). The number of Topliss-reactive ketones (excluding diaryl/α,β-unsaturated/α-hetero) is 1. The SMILES string of the molecule is Cc1cc(C(=O)CN2CCC(COC(N)=O)CC2)c(C)n1-c1ccc(C#N)cc1. The Morgan fingerprint density at radius 3 is 2.45 bits per heavy atom. The van der Waals surface area contributed by atoms with Crippen molar-refractivity contribution >= 4 is 11.9 Å². The van der Waals surface area contributed by atoms with Gasteiger partial charge in [0.05, 0.1) is 24.8 Å². The van der Waals surface area contributed by atoms with Gasteiger partial charge in [-0.05, 0) is 76.0 Å². The van der Waals surface area contributed by atoms with Gasteiger partial charge in [-0.15, -0.1) is 0 Å². The van der Waals surface area contributed by atoms with Crippen molar-refractivity contribution in [2.45, 2.75) is 26.7 Å². The molecule has 2 heterocycles. The summed E-state index contributed by atoms with van der Waals surface area (Å²) in [4.78, 5) is 25.8. The fourth-order valence-electron chi connectivity index (χ4n) is 3.93. The molecule has 1 saturated heterocycles. The van der Waals surface area contributed by atoms with E-state index in [1.165, 1.54) is 0 Å². The van der Waals surface area contributed by atoms with Gasteiger partial charge in [-0.25, -0.2) is 4.79 Å². The summed E-state index contributed by atoms with van der Waals surface area (Å²) in [6.45, 7) is 6.25. The molecule has 3 rings (SSSR count). The number of amides is 1. The molecule has 7 nitrogen and oxygen atoms in total. The van der Waals surface area contributed by atoms with E-state index in [4.69, 9.17) is 15.7 Å².